The van der Waals surface area contributed by atoms with Gasteiger partial charge in [-0.25, -0.2) is 4.79 Å². The topological polar surface area (TPSA) is 61.9 Å². The van der Waals surface area contributed by atoms with Crippen molar-refractivity contribution in [1.29, 1.82) is 0 Å². The third-order valence-electron chi connectivity index (χ3n) is 2.84. The fourth-order valence-electron chi connectivity index (χ4n) is 1.58. The average molecular weight is 248 g/mol. The normalized spacial score (nSPS) is 10.7. The van der Waals surface area contributed by atoms with Crippen molar-refractivity contribution in [3.05, 3.63) is 34.9 Å². The lowest BCUT2D eigenvalue weighted by molar-refractivity contribution is 0.0459. The molecule has 0 spiro atoms. The van der Waals surface area contributed by atoms with Crippen LogP contribution in [0.4, 0.5) is 0 Å². The highest BCUT2D eigenvalue weighted by Crippen LogP contribution is 2.07. The number of hydrogen-bond donors (Lipinski definition) is 0. The van der Waals surface area contributed by atoms with Crippen molar-refractivity contribution in [1.82, 2.24) is 19.6 Å². The van der Waals surface area contributed by atoms with Crippen molar-refractivity contribution < 1.29 is 9.53 Å². The first kappa shape index (κ1) is 12.3. The molecule has 96 valence electrons. The molecule has 0 aliphatic carbocycles. The molecule has 6 nitrogen and oxygen atoms in total. The second kappa shape index (κ2) is 4.64. The minimum Gasteiger partial charge on any atom is -0.454 e. The van der Waals surface area contributed by atoms with Crippen molar-refractivity contribution in [2.75, 3.05) is 0 Å². The summed E-state index contributed by atoms with van der Waals surface area (Å²) >= 11 is 0. The van der Waals surface area contributed by atoms with E-state index >= 15 is 0 Å². The Morgan fingerprint density at radius 3 is 2.28 bits per heavy atom. The van der Waals surface area contributed by atoms with E-state index in [2.05, 4.69) is 10.2 Å². The fourth-order valence-corrected chi connectivity index (χ4v) is 1.58. The molecule has 2 aromatic heterocycles. The molecule has 6 heteroatoms. The van der Waals surface area contributed by atoms with Gasteiger partial charge in [-0.05, 0) is 26.0 Å². The lowest BCUT2D eigenvalue weighted by Gasteiger charge is -1.99. The largest absolute Gasteiger partial charge is 0.454 e. The van der Waals surface area contributed by atoms with E-state index in [0.29, 0.717) is 5.69 Å². The SMILES string of the molecule is Cc1cc(COC(=O)c2cc(C)n(C)n2)nn1C. The summed E-state index contributed by atoms with van der Waals surface area (Å²) < 4.78 is 8.54. The number of nitrogens with zero attached hydrogens (tertiary/aromatic N) is 4. The Hall–Kier alpha value is -2.11. The van der Waals surface area contributed by atoms with Crippen LogP contribution < -0.4 is 0 Å². The predicted octanol–water partition coefficient (Wildman–Crippen LogP) is 1.13. The van der Waals surface area contributed by atoms with Crippen molar-refractivity contribution in [2.24, 2.45) is 14.1 Å². The lowest BCUT2D eigenvalue weighted by atomic mass is 10.3. The number of rotatable bonds is 3. The lowest BCUT2D eigenvalue weighted by Crippen LogP contribution is -2.07. The standard InChI is InChI=1S/C12H16N4O2/c1-8-5-10(13-15(8)3)7-18-12(17)11-6-9(2)16(4)14-11/h5-6H,7H2,1-4H3. The smallest absolute Gasteiger partial charge is 0.359 e. The molecule has 0 amide bonds. The van der Waals surface area contributed by atoms with E-state index in [1.165, 1.54) is 0 Å². The quantitative estimate of drug-likeness (QED) is 0.764. The van der Waals surface area contributed by atoms with Crippen LogP contribution in [0.5, 0.6) is 0 Å². The first-order valence-corrected chi connectivity index (χ1v) is 5.64. The summed E-state index contributed by atoms with van der Waals surface area (Å²) in [6, 6.07) is 3.59. The van der Waals surface area contributed by atoms with Crippen LogP contribution in [0.2, 0.25) is 0 Å². The molecule has 0 aliphatic heterocycles. The summed E-state index contributed by atoms with van der Waals surface area (Å²) in [4.78, 5) is 11.7. The third kappa shape index (κ3) is 2.42. The first-order valence-electron chi connectivity index (χ1n) is 5.64. The number of esters is 1. The van der Waals surface area contributed by atoms with E-state index in [1.54, 1.807) is 22.5 Å². The van der Waals surface area contributed by atoms with Gasteiger partial charge in [0, 0.05) is 25.5 Å². The highest BCUT2D eigenvalue weighted by atomic mass is 16.5. The van der Waals surface area contributed by atoms with E-state index in [0.717, 1.165) is 17.1 Å². The Morgan fingerprint density at radius 2 is 1.78 bits per heavy atom. The zero-order chi connectivity index (χ0) is 13.3. The van der Waals surface area contributed by atoms with Gasteiger partial charge in [-0.15, -0.1) is 0 Å². The monoisotopic (exact) mass is 248 g/mol. The van der Waals surface area contributed by atoms with Crippen LogP contribution in [0.3, 0.4) is 0 Å². The molecule has 0 N–H and O–H groups in total. The molecule has 0 fully saturated rings. The summed E-state index contributed by atoms with van der Waals surface area (Å²) in [6.07, 6.45) is 0. The number of aryl methyl sites for hydroxylation is 4. The van der Waals surface area contributed by atoms with E-state index in [9.17, 15) is 4.79 Å². The van der Waals surface area contributed by atoms with Gasteiger partial charge in [0.15, 0.2) is 5.69 Å². The van der Waals surface area contributed by atoms with Crippen molar-refractivity contribution in [3.8, 4) is 0 Å². The Morgan fingerprint density at radius 1 is 1.17 bits per heavy atom. The van der Waals surface area contributed by atoms with E-state index < -0.39 is 5.97 Å². The predicted molar refractivity (Wildman–Crippen MR) is 65.0 cm³/mol. The summed E-state index contributed by atoms with van der Waals surface area (Å²) in [7, 11) is 3.64. The second-order valence-electron chi connectivity index (χ2n) is 4.27. The second-order valence-corrected chi connectivity index (χ2v) is 4.27. The Kier molecular flexibility index (Phi) is 3.18. The van der Waals surface area contributed by atoms with Gasteiger partial charge in [0.1, 0.15) is 12.3 Å². The van der Waals surface area contributed by atoms with Gasteiger partial charge >= 0.3 is 5.97 Å². The third-order valence-corrected chi connectivity index (χ3v) is 2.84. The van der Waals surface area contributed by atoms with Crippen LogP contribution in [0.25, 0.3) is 0 Å². The highest BCUT2D eigenvalue weighted by Gasteiger charge is 2.13. The molecular formula is C12H16N4O2. The maximum absolute atomic E-state index is 11.7. The molecule has 2 rings (SSSR count). The number of aromatic nitrogens is 4. The molecule has 0 unspecified atom stereocenters. The van der Waals surface area contributed by atoms with E-state index in [1.807, 2.05) is 27.0 Å². The molecule has 2 aromatic rings. The van der Waals surface area contributed by atoms with Crippen molar-refractivity contribution in [3.63, 3.8) is 0 Å². The van der Waals surface area contributed by atoms with Gasteiger partial charge < -0.3 is 4.74 Å². The van der Waals surface area contributed by atoms with Crippen LogP contribution in [-0.2, 0) is 25.4 Å². The van der Waals surface area contributed by atoms with Crippen LogP contribution in [0.1, 0.15) is 27.6 Å². The fraction of sp³-hybridized carbons (Fsp3) is 0.417. The Balaban J connectivity index is 2.00. The zero-order valence-electron chi connectivity index (χ0n) is 11.0. The number of carbonyl (C=O) groups excluding carboxylic acids is 1. The molecule has 0 bridgehead atoms. The minimum atomic E-state index is -0.429. The summed E-state index contributed by atoms with van der Waals surface area (Å²) in [5.74, 6) is -0.429. The Labute approximate surface area is 105 Å². The van der Waals surface area contributed by atoms with E-state index in [-0.39, 0.29) is 6.61 Å². The van der Waals surface area contributed by atoms with Crippen LogP contribution in [0.15, 0.2) is 12.1 Å². The van der Waals surface area contributed by atoms with Gasteiger partial charge in [0.25, 0.3) is 0 Å². The molecule has 0 radical (unpaired) electrons. The first-order chi connectivity index (χ1) is 8.47. The zero-order valence-corrected chi connectivity index (χ0v) is 11.0. The van der Waals surface area contributed by atoms with Gasteiger partial charge in [0.2, 0.25) is 0 Å². The van der Waals surface area contributed by atoms with Gasteiger partial charge in [0.05, 0.1) is 0 Å². The number of ether oxygens (including phenoxy) is 1. The maximum atomic E-state index is 11.7. The van der Waals surface area contributed by atoms with E-state index in [4.69, 9.17) is 4.74 Å². The molecule has 0 aromatic carbocycles. The summed E-state index contributed by atoms with van der Waals surface area (Å²) in [5.41, 5.74) is 2.99. The summed E-state index contributed by atoms with van der Waals surface area (Å²) in [5, 5.41) is 8.27. The minimum absolute atomic E-state index is 0.163. The van der Waals surface area contributed by atoms with Crippen LogP contribution in [0, 0.1) is 13.8 Å². The summed E-state index contributed by atoms with van der Waals surface area (Å²) in [6.45, 7) is 3.99. The molecule has 0 aliphatic rings. The molecule has 0 saturated heterocycles. The molecule has 0 saturated carbocycles. The van der Waals surface area contributed by atoms with Crippen LogP contribution in [-0.4, -0.2) is 25.5 Å². The Bertz CT molecular complexity index is 544. The van der Waals surface area contributed by atoms with Crippen LogP contribution >= 0.6 is 0 Å². The molecular weight excluding hydrogens is 232 g/mol. The molecule has 0 atom stereocenters. The number of carbonyl (C=O) groups is 1. The number of hydrogen-bond acceptors (Lipinski definition) is 4. The van der Waals surface area contributed by atoms with Gasteiger partial charge in [-0.2, -0.15) is 10.2 Å². The van der Waals surface area contributed by atoms with Gasteiger partial charge in [-0.1, -0.05) is 0 Å². The molecule has 2 heterocycles. The maximum Gasteiger partial charge on any atom is 0.359 e. The molecule has 18 heavy (non-hydrogen) atoms. The van der Waals surface area contributed by atoms with Gasteiger partial charge in [-0.3, -0.25) is 9.36 Å². The highest BCUT2D eigenvalue weighted by molar-refractivity contribution is 5.87. The average Bonchev–Trinajstić information content (AvgIpc) is 2.81. The van der Waals surface area contributed by atoms with Crippen molar-refractivity contribution in [2.45, 2.75) is 20.5 Å². The van der Waals surface area contributed by atoms with Crippen molar-refractivity contribution >= 4 is 5.97 Å².